The van der Waals surface area contributed by atoms with E-state index in [1.807, 2.05) is 40.6 Å². The number of nitrogens with zero attached hydrogens (tertiary/aromatic N) is 2. The summed E-state index contributed by atoms with van der Waals surface area (Å²) >= 11 is 1.54. The lowest BCUT2D eigenvalue weighted by Gasteiger charge is -2.19. The van der Waals surface area contributed by atoms with Gasteiger partial charge in [0.15, 0.2) is 5.13 Å². The number of thiazole rings is 1. The number of hydrogen-bond donors (Lipinski definition) is 2. The molecule has 1 aromatic carbocycles. The van der Waals surface area contributed by atoms with Crippen molar-refractivity contribution in [2.75, 3.05) is 11.9 Å². The van der Waals surface area contributed by atoms with Crippen molar-refractivity contribution >= 4 is 28.1 Å². The van der Waals surface area contributed by atoms with Gasteiger partial charge in [0.1, 0.15) is 6.04 Å². The molecule has 1 atom stereocenters. The standard InChI is InChI=1S/C15H17N3O2S/c19-14(20)13-7-4-8-18(13)9-12-10-21-15(17-12)16-11-5-2-1-3-6-11/h1-3,5-6,10,13H,4,7-9H2,(H,16,17)(H,19,20)/t13-/m1/s1. The molecular formula is C15H17N3O2S. The molecule has 0 spiro atoms. The van der Waals surface area contributed by atoms with E-state index in [4.69, 9.17) is 0 Å². The molecule has 1 fully saturated rings. The summed E-state index contributed by atoms with van der Waals surface area (Å²) < 4.78 is 0. The number of aromatic nitrogens is 1. The Morgan fingerprint density at radius 1 is 1.43 bits per heavy atom. The predicted octanol–water partition coefficient (Wildman–Crippen LogP) is 2.94. The van der Waals surface area contributed by atoms with Crippen LogP contribution in [0, 0.1) is 0 Å². The van der Waals surface area contributed by atoms with E-state index in [1.54, 1.807) is 11.3 Å². The average molecular weight is 303 g/mol. The van der Waals surface area contributed by atoms with Crippen molar-refractivity contribution in [3.05, 3.63) is 41.4 Å². The Kier molecular flexibility index (Phi) is 4.17. The van der Waals surface area contributed by atoms with Gasteiger partial charge in [0.2, 0.25) is 0 Å². The fourth-order valence-corrected chi connectivity index (χ4v) is 3.31. The number of anilines is 2. The zero-order chi connectivity index (χ0) is 14.7. The molecular weight excluding hydrogens is 286 g/mol. The van der Waals surface area contributed by atoms with Crippen molar-refractivity contribution in [1.82, 2.24) is 9.88 Å². The van der Waals surface area contributed by atoms with E-state index >= 15 is 0 Å². The Bertz CT molecular complexity index is 614. The lowest BCUT2D eigenvalue weighted by Crippen LogP contribution is -2.35. The zero-order valence-corrected chi connectivity index (χ0v) is 12.3. The lowest BCUT2D eigenvalue weighted by atomic mass is 10.2. The van der Waals surface area contributed by atoms with Gasteiger partial charge < -0.3 is 10.4 Å². The van der Waals surface area contributed by atoms with Gasteiger partial charge in [-0.3, -0.25) is 9.69 Å². The molecule has 0 amide bonds. The Hall–Kier alpha value is -1.92. The summed E-state index contributed by atoms with van der Waals surface area (Å²) in [4.78, 5) is 17.7. The number of nitrogens with one attached hydrogen (secondary N) is 1. The monoisotopic (exact) mass is 303 g/mol. The van der Waals surface area contributed by atoms with Crippen LogP contribution in [0.1, 0.15) is 18.5 Å². The predicted molar refractivity (Wildman–Crippen MR) is 82.9 cm³/mol. The highest BCUT2D eigenvalue weighted by Crippen LogP contribution is 2.24. The Labute approximate surface area is 127 Å². The van der Waals surface area contributed by atoms with Crippen LogP contribution in [0.2, 0.25) is 0 Å². The third kappa shape index (κ3) is 3.40. The number of benzene rings is 1. The highest BCUT2D eigenvalue weighted by molar-refractivity contribution is 7.13. The number of carboxylic acids is 1. The van der Waals surface area contributed by atoms with Gasteiger partial charge in [-0.15, -0.1) is 11.3 Å². The minimum atomic E-state index is -0.731. The van der Waals surface area contributed by atoms with Crippen LogP contribution in [0.15, 0.2) is 35.7 Å². The molecule has 1 aliphatic rings. The summed E-state index contributed by atoms with van der Waals surface area (Å²) in [6.07, 6.45) is 1.67. The van der Waals surface area contributed by atoms with Gasteiger partial charge in [-0.2, -0.15) is 0 Å². The van der Waals surface area contributed by atoms with Crippen LogP contribution >= 0.6 is 11.3 Å². The van der Waals surface area contributed by atoms with Crippen molar-refractivity contribution in [2.24, 2.45) is 0 Å². The van der Waals surface area contributed by atoms with Crippen LogP contribution < -0.4 is 5.32 Å². The Morgan fingerprint density at radius 2 is 2.24 bits per heavy atom. The quantitative estimate of drug-likeness (QED) is 0.889. The fraction of sp³-hybridized carbons (Fsp3) is 0.333. The van der Waals surface area contributed by atoms with Gasteiger partial charge in [-0.25, -0.2) is 4.98 Å². The summed E-state index contributed by atoms with van der Waals surface area (Å²) in [6.45, 7) is 1.43. The van der Waals surface area contributed by atoms with Gasteiger partial charge in [0.25, 0.3) is 0 Å². The third-order valence-corrected chi connectivity index (χ3v) is 4.40. The van der Waals surface area contributed by atoms with E-state index in [9.17, 15) is 9.90 Å². The van der Waals surface area contributed by atoms with Crippen LogP contribution in [0.25, 0.3) is 0 Å². The van der Waals surface area contributed by atoms with Gasteiger partial charge in [-0.1, -0.05) is 18.2 Å². The van der Waals surface area contributed by atoms with Crippen molar-refractivity contribution in [1.29, 1.82) is 0 Å². The lowest BCUT2D eigenvalue weighted by molar-refractivity contribution is -0.142. The third-order valence-electron chi connectivity index (χ3n) is 3.59. The molecule has 110 valence electrons. The Balaban J connectivity index is 1.64. The zero-order valence-electron chi connectivity index (χ0n) is 11.5. The van der Waals surface area contributed by atoms with Gasteiger partial charge >= 0.3 is 5.97 Å². The second-order valence-corrected chi connectivity index (χ2v) is 5.96. The minimum Gasteiger partial charge on any atom is -0.480 e. The first-order valence-electron chi connectivity index (χ1n) is 6.96. The number of carboxylic acid groups (broad SMARTS) is 1. The SMILES string of the molecule is O=C(O)[C@H]1CCCN1Cc1csc(Nc2ccccc2)n1. The molecule has 1 aromatic heterocycles. The second kappa shape index (κ2) is 6.24. The van der Waals surface area contributed by atoms with Crippen molar-refractivity contribution in [3.63, 3.8) is 0 Å². The van der Waals surface area contributed by atoms with E-state index in [0.29, 0.717) is 6.54 Å². The maximum atomic E-state index is 11.2. The highest BCUT2D eigenvalue weighted by atomic mass is 32.1. The van der Waals surface area contributed by atoms with E-state index < -0.39 is 5.97 Å². The summed E-state index contributed by atoms with van der Waals surface area (Å²) in [5.41, 5.74) is 1.93. The molecule has 2 aromatic rings. The smallest absolute Gasteiger partial charge is 0.320 e. The molecule has 5 nitrogen and oxygen atoms in total. The first-order chi connectivity index (χ1) is 10.2. The van der Waals surface area contributed by atoms with E-state index in [2.05, 4.69) is 10.3 Å². The van der Waals surface area contributed by atoms with Gasteiger partial charge in [-0.05, 0) is 31.5 Å². The van der Waals surface area contributed by atoms with E-state index in [0.717, 1.165) is 35.9 Å². The van der Waals surface area contributed by atoms with Crippen LogP contribution in [-0.2, 0) is 11.3 Å². The second-order valence-electron chi connectivity index (χ2n) is 5.10. The van der Waals surface area contributed by atoms with Gasteiger partial charge in [0, 0.05) is 17.6 Å². The molecule has 0 unspecified atom stereocenters. The summed E-state index contributed by atoms with van der Waals surface area (Å²) in [6, 6.07) is 9.52. The number of likely N-dealkylation sites (tertiary alicyclic amines) is 1. The van der Waals surface area contributed by atoms with Crippen LogP contribution in [0.4, 0.5) is 10.8 Å². The van der Waals surface area contributed by atoms with Crippen molar-refractivity contribution in [3.8, 4) is 0 Å². The number of rotatable bonds is 5. The number of carbonyl (C=O) groups is 1. The minimum absolute atomic E-state index is 0.364. The molecule has 0 aliphatic carbocycles. The normalized spacial score (nSPS) is 18.8. The molecule has 2 heterocycles. The molecule has 0 bridgehead atoms. The molecule has 1 saturated heterocycles. The topological polar surface area (TPSA) is 65.5 Å². The number of aliphatic carboxylic acids is 1. The van der Waals surface area contributed by atoms with Crippen LogP contribution in [0.3, 0.4) is 0 Å². The molecule has 21 heavy (non-hydrogen) atoms. The summed E-state index contributed by atoms with van der Waals surface area (Å²) in [5.74, 6) is -0.731. The summed E-state index contributed by atoms with van der Waals surface area (Å²) in [5, 5.41) is 15.3. The number of hydrogen-bond acceptors (Lipinski definition) is 5. The van der Waals surface area contributed by atoms with Crippen LogP contribution in [-0.4, -0.2) is 33.5 Å². The number of para-hydroxylation sites is 1. The molecule has 0 saturated carbocycles. The highest BCUT2D eigenvalue weighted by Gasteiger charge is 2.30. The Morgan fingerprint density at radius 3 is 3.00 bits per heavy atom. The summed E-state index contributed by atoms with van der Waals surface area (Å²) in [7, 11) is 0. The first-order valence-corrected chi connectivity index (χ1v) is 7.83. The molecule has 0 radical (unpaired) electrons. The molecule has 3 rings (SSSR count). The average Bonchev–Trinajstić information content (AvgIpc) is 3.10. The van der Waals surface area contributed by atoms with Crippen molar-refractivity contribution in [2.45, 2.75) is 25.4 Å². The maximum absolute atomic E-state index is 11.2. The molecule has 2 N–H and O–H groups in total. The van der Waals surface area contributed by atoms with Crippen LogP contribution in [0.5, 0.6) is 0 Å². The maximum Gasteiger partial charge on any atom is 0.320 e. The fourth-order valence-electron chi connectivity index (χ4n) is 2.59. The van der Waals surface area contributed by atoms with E-state index in [1.165, 1.54) is 0 Å². The largest absolute Gasteiger partial charge is 0.480 e. The van der Waals surface area contributed by atoms with Gasteiger partial charge in [0.05, 0.1) is 5.69 Å². The van der Waals surface area contributed by atoms with E-state index in [-0.39, 0.29) is 6.04 Å². The first kappa shape index (κ1) is 14.0. The van der Waals surface area contributed by atoms with Crippen molar-refractivity contribution < 1.29 is 9.90 Å². The molecule has 1 aliphatic heterocycles. The molecule has 6 heteroatoms.